The van der Waals surface area contributed by atoms with Gasteiger partial charge in [-0.2, -0.15) is 0 Å². The number of amides is 1. The number of fused-ring (bicyclic) bond motifs is 1. The summed E-state index contributed by atoms with van der Waals surface area (Å²) in [6, 6.07) is 10.8. The lowest BCUT2D eigenvalue weighted by molar-refractivity contribution is 0.208. The van der Waals surface area contributed by atoms with Crippen molar-refractivity contribution in [2.24, 2.45) is 0 Å². The standard InChI is InChI=1S/C26H34N4O3/c1-3-4-5-8-15-30-16-13-19(14-17-30)20-18-27-21-11-12-24(28-25(20)21)29-26(31)33-23-10-7-6-9-22(23)32-2/h6-7,9-12,18-19,27H,3-5,8,13-17H2,1-2H3,(H,28,29,31). The Labute approximate surface area is 195 Å². The van der Waals surface area contributed by atoms with Gasteiger partial charge in [-0.3, -0.25) is 5.32 Å². The van der Waals surface area contributed by atoms with Crippen LogP contribution >= 0.6 is 0 Å². The van der Waals surface area contributed by atoms with Gasteiger partial charge in [0.15, 0.2) is 11.5 Å². The first-order valence-electron chi connectivity index (χ1n) is 12.0. The first kappa shape index (κ1) is 23.1. The number of ether oxygens (including phenoxy) is 2. The number of hydrogen-bond donors (Lipinski definition) is 2. The average Bonchev–Trinajstić information content (AvgIpc) is 3.26. The number of pyridine rings is 1. The molecule has 2 N–H and O–H groups in total. The fourth-order valence-electron chi connectivity index (χ4n) is 4.56. The summed E-state index contributed by atoms with van der Waals surface area (Å²) in [6.45, 7) is 5.73. The normalized spacial score (nSPS) is 15.0. The highest BCUT2D eigenvalue weighted by atomic mass is 16.6. The predicted octanol–water partition coefficient (Wildman–Crippen LogP) is 5.94. The first-order chi connectivity index (χ1) is 16.2. The molecule has 0 saturated carbocycles. The number of aromatic amines is 1. The van der Waals surface area contributed by atoms with Gasteiger partial charge in [-0.15, -0.1) is 0 Å². The molecule has 0 aliphatic carbocycles. The monoisotopic (exact) mass is 450 g/mol. The predicted molar refractivity (Wildman–Crippen MR) is 131 cm³/mol. The second-order valence-corrected chi connectivity index (χ2v) is 8.68. The van der Waals surface area contributed by atoms with Crippen LogP contribution in [0.4, 0.5) is 10.6 Å². The van der Waals surface area contributed by atoms with Crippen molar-refractivity contribution in [2.75, 3.05) is 32.1 Å². The van der Waals surface area contributed by atoms with Gasteiger partial charge in [0.1, 0.15) is 5.82 Å². The third kappa shape index (κ3) is 5.85. The topological polar surface area (TPSA) is 79.5 Å². The van der Waals surface area contributed by atoms with Crippen LogP contribution in [0.1, 0.15) is 56.9 Å². The van der Waals surface area contributed by atoms with E-state index in [1.807, 2.05) is 12.1 Å². The number of anilines is 1. The van der Waals surface area contributed by atoms with E-state index < -0.39 is 6.09 Å². The Bertz CT molecular complexity index is 1060. The summed E-state index contributed by atoms with van der Waals surface area (Å²) in [5.41, 5.74) is 3.14. The molecule has 7 heteroatoms. The van der Waals surface area contributed by atoms with E-state index in [1.54, 1.807) is 31.4 Å². The SMILES string of the molecule is CCCCCCN1CCC(c2c[nH]c3ccc(NC(=O)Oc4ccccc4OC)nc23)CC1. The van der Waals surface area contributed by atoms with Crippen molar-refractivity contribution in [1.29, 1.82) is 0 Å². The Morgan fingerprint density at radius 3 is 2.67 bits per heavy atom. The van der Waals surface area contributed by atoms with Crippen LogP contribution in [0.5, 0.6) is 11.5 Å². The largest absolute Gasteiger partial charge is 0.493 e. The highest BCUT2D eigenvalue weighted by Crippen LogP contribution is 2.33. The number of methoxy groups -OCH3 is 1. The van der Waals surface area contributed by atoms with E-state index in [0.717, 1.165) is 37.0 Å². The number of benzene rings is 1. The van der Waals surface area contributed by atoms with Gasteiger partial charge in [-0.25, -0.2) is 9.78 Å². The molecule has 1 saturated heterocycles. The van der Waals surface area contributed by atoms with Gasteiger partial charge in [-0.05, 0) is 74.6 Å². The van der Waals surface area contributed by atoms with Gasteiger partial charge in [0.25, 0.3) is 0 Å². The second kappa shape index (κ2) is 11.2. The van der Waals surface area contributed by atoms with Crippen LogP contribution in [0.2, 0.25) is 0 Å². The molecule has 33 heavy (non-hydrogen) atoms. The molecule has 1 aliphatic rings. The smallest absolute Gasteiger partial charge is 0.418 e. The van der Waals surface area contributed by atoms with Crippen molar-refractivity contribution >= 4 is 22.9 Å². The minimum atomic E-state index is -0.597. The number of para-hydroxylation sites is 2. The summed E-state index contributed by atoms with van der Waals surface area (Å²) >= 11 is 0. The molecule has 0 radical (unpaired) electrons. The van der Waals surface area contributed by atoms with E-state index in [9.17, 15) is 4.79 Å². The minimum absolute atomic E-state index is 0.363. The van der Waals surface area contributed by atoms with E-state index in [0.29, 0.717) is 23.2 Å². The molecule has 176 valence electrons. The van der Waals surface area contributed by atoms with Crippen molar-refractivity contribution in [1.82, 2.24) is 14.9 Å². The van der Waals surface area contributed by atoms with E-state index in [2.05, 4.69) is 28.3 Å². The number of hydrogen-bond acceptors (Lipinski definition) is 5. The summed E-state index contributed by atoms with van der Waals surface area (Å²) in [4.78, 5) is 23.1. The molecule has 0 bridgehead atoms. The van der Waals surface area contributed by atoms with Crippen LogP contribution < -0.4 is 14.8 Å². The molecule has 1 amide bonds. The zero-order valence-electron chi connectivity index (χ0n) is 19.6. The average molecular weight is 451 g/mol. The number of rotatable bonds is 9. The summed E-state index contributed by atoms with van der Waals surface area (Å²) in [7, 11) is 1.54. The zero-order chi connectivity index (χ0) is 23.0. The van der Waals surface area contributed by atoms with Gasteiger partial charge in [0.2, 0.25) is 0 Å². The highest BCUT2D eigenvalue weighted by molar-refractivity contribution is 5.88. The Kier molecular flexibility index (Phi) is 7.83. The van der Waals surface area contributed by atoms with Gasteiger partial charge in [-0.1, -0.05) is 38.3 Å². The Balaban J connectivity index is 1.38. The van der Waals surface area contributed by atoms with Gasteiger partial charge in [0.05, 0.1) is 18.1 Å². The highest BCUT2D eigenvalue weighted by Gasteiger charge is 2.23. The number of aromatic nitrogens is 2. The number of H-pyrrole nitrogens is 1. The van der Waals surface area contributed by atoms with Gasteiger partial charge in [0, 0.05) is 6.20 Å². The van der Waals surface area contributed by atoms with Crippen LogP contribution in [0.3, 0.4) is 0 Å². The van der Waals surface area contributed by atoms with Crippen molar-refractivity contribution in [3.05, 3.63) is 48.2 Å². The van der Waals surface area contributed by atoms with Crippen LogP contribution in [0, 0.1) is 0 Å². The maximum Gasteiger partial charge on any atom is 0.418 e. The Hall–Kier alpha value is -3.06. The third-order valence-electron chi connectivity index (χ3n) is 6.41. The molecule has 0 spiro atoms. The lowest BCUT2D eigenvalue weighted by atomic mass is 9.90. The number of likely N-dealkylation sites (tertiary alicyclic amines) is 1. The summed E-state index contributed by atoms with van der Waals surface area (Å²) in [5, 5.41) is 2.74. The third-order valence-corrected chi connectivity index (χ3v) is 6.41. The summed E-state index contributed by atoms with van der Waals surface area (Å²) < 4.78 is 10.6. The van der Waals surface area contributed by atoms with Gasteiger partial charge >= 0.3 is 6.09 Å². The van der Waals surface area contributed by atoms with Crippen molar-refractivity contribution in [3.8, 4) is 11.5 Å². The molecular formula is C26H34N4O3. The van der Waals surface area contributed by atoms with Crippen LogP contribution in [0.25, 0.3) is 11.0 Å². The first-order valence-corrected chi connectivity index (χ1v) is 12.0. The number of unbranched alkanes of at least 4 members (excludes halogenated alkanes) is 3. The fourth-order valence-corrected chi connectivity index (χ4v) is 4.56. The molecule has 1 aromatic carbocycles. The van der Waals surface area contributed by atoms with Gasteiger partial charge < -0.3 is 19.4 Å². The molecular weight excluding hydrogens is 416 g/mol. The quantitative estimate of drug-likeness (QED) is 0.394. The molecule has 3 heterocycles. The zero-order valence-corrected chi connectivity index (χ0v) is 19.6. The molecule has 1 fully saturated rings. The van der Waals surface area contributed by atoms with E-state index in [-0.39, 0.29) is 0 Å². The molecule has 1 aliphatic heterocycles. The molecule has 0 unspecified atom stereocenters. The number of carbonyl (C=O) groups is 1. The van der Waals surface area contributed by atoms with E-state index >= 15 is 0 Å². The lowest BCUT2D eigenvalue weighted by Gasteiger charge is -2.31. The van der Waals surface area contributed by atoms with E-state index in [4.69, 9.17) is 14.5 Å². The summed E-state index contributed by atoms with van der Waals surface area (Å²) in [6.07, 6.45) is 9.00. The number of piperidine rings is 1. The maximum atomic E-state index is 12.4. The van der Waals surface area contributed by atoms with E-state index in [1.165, 1.54) is 37.8 Å². The lowest BCUT2D eigenvalue weighted by Crippen LogP contribution is -2.33. The number of nitrogens with zero attached hydrogens (tertiary/aromatic N) is 2. The second-order valence-electron chi connectivity index (χ2n) is 8.68. The summed E-state index contributed by atoms with van der Waals surface area (Å²) in [5.74, 6) is 1.81. The number of carbonyl (C=O) groups excluding carboxylic acids is 1. The number of nitrogens with one attached hydrogen (secondary N) is 2. The van der Waals surface area contributed by atoms with Crippen molar-refractivity contribution in [3.63, 3.8) is 0 Å². The molecule has 3 aromatic rings. The van der Waals surface area contributed by atoms with Crippen molar-refractivity contribution in [2.45, 2.75) is 51.4 Å². The fraction of sp³-hybridized carbons (Fsp3) is 0.462. The Morgan fingerprint density at radius 1 is 1.12 bits per heavy atom. The maximum absolute atomic E-state index is 12.4. The minimum Gasteiger partial charge on any atom is -0.493 e. The van der Waals surface area contributed by atoms with Crippen molar-refractivity contribution < 1.29 is 14.3 Å². The Morgan fingerprint density at radius 2 is 1.91 bits per heavy atom. The van der Waals surface area contributed by atoms with Crippen LogP contribution in [-0.4, -0.2) is 47.7 Å². The van der Waals surface area contributed by atoms with Crippen LogP contribution in [0.15, 0.2) is 42.6 Å². The molecule has 4 rings (SSSR count). The molecule has 2 aromatic heterocycles. The molecule has 0 atom stereocenters. The van der Waals surface area contributed by atoms with Crippen LogP contribution in [-0.2, 0) is 0 Å². The molecule has 7 nitrogen and oxygen atoms in total.